The molecule has 3 rings (SSSR count). The Kier molecular flexibility index (Phi) is 4.22. The van der Waals surface area contributed by atoms with Crippen LogP contribution in [0.15, 0.2) is 33.3 Å². The summed E-state index contributed by atoms with van der Waals surface area (Å²) in [6.07, 6.45) is 0.728. The van der Waals surface area contributed by atoms with Gasteiger partial charge in [-0.2, -0.15) is 4.98 Å². The average Bonchev–Trinajstić information content (AvgIpc) is 2.95. The highest BCUT2D eigenvalue weighted by atomic mass is 79.9. The van der Waals surface area contributed by atoms with E-state index in [0.717, 1.165) is 33.1 Å². The van der Waals surface area contributed by atoms with Crippen molar-refractivity contribution < 1.29 is 4.52 Å². The van der Waals surface area contributed by atoms with Crippen LogP contribution >= 0.6 is 15.9 Å². The third-order valence-electron chi connectivity index (χ3n) is 3.58. The lowest BCUT2D eigenvalue weighted by Crippen LogP contribution is -2.24. The molecular formula is C16H17BrN4O. The lowest BCUT2D eigenvalue weighted by Gasteiger charge is -2.05. The van der Waals surface area contributed by atoms with Gasteiger partial charge in [0.05, 0.1) is 11.1 Å². The van der Waals surface area contributed by atoms with Crippen LogP contribution in [0.5, 0.6) is 0 Å². The minimum Gasteiger partial charge on any atom is -0.334 e. The summed E-state index contributed by atoms with van der Waals surface area (Å²) >= 11 is 3.50. The Morgan fingerprint density at radius 1 is 1.27 bits per heavy atom. The molecule has 2 heterocycles. The molecule has 0 saturated carbocycles. The second-order valence-corrected chi connectivity index (χ2v) is 6.30. The summed E-state index contributed by atoms with van der Waals surface area (Å²) in [6.45, 7) is 4.05. The van der Waals surface area contributed by atoms with Crippen molar-refractivity contribution in [2.45, 2.75) is 26.3 Å². The van der Waals surface area contributed by atoms with E-state index in [4.69, 9.17) is 4.52 Å². The molecule has 5 nitrogen and oxygen atoms in total. The second kappa shape index (κ2) is 6.14. The number of hydrogen-bond donors (Lipinski definition) is 1. The van der Waals surface area contributed by atoms with Crippen LogP contribution in [-0.2, 0) is 6.42 Å². The Balaban J connectivity index is 2.07. The fourth-order valence-electron chi connectivity index (χ4n) is 2.33. The second-order valence-electron chi connectivity index (χ2n) is 5.38. The first-order valence-corrected chi connectivity index (χ1v) is 7.93. The van der Waals surface area contributed by atoms with Gasteiger partial charge in [-0.25, -0.2) is 0 Å². The molecule has 0 aliphatic rings. The van der Waals surface area contributed by atoms with E-state index in [-0.39, 0.29) is 0 Å². The summed E-state index contributed by atoms with van der Waals surface area (Å²) in [7, 11) is 1.92. The van der Waals surface area contributed by atoms with Gasteiger partial charge >= 0.3 is 0 Å². The fourth-order valence-corrected chi connectivity index (χ4v) is 2.69. The van der Waals surface area contributed by atoms with Crippen molar-refractivity contribution in [3.05, 3.63) is 40.3 Å². The molecule has 2 aromatic heterocycles. The molecule has 6 heteroatoms. The van der Waals surface area contributed by atoms with Crippen LogP contribution in [0, 0.1) is 6.92 Å². The van der Waals surface area contributed by atoms with Gasteiger partial charge in [-0.15, -0.1) is 0 Å². The van der Waals surface area contributed by atoms with Crippen molar-refractivity contribution in [1.29, 1.82) is 0 Å². The van der Waals surface area contributed by atoms with Crippen molar-refractivity contribution in [3.8, 4) is 11.5 Å². The predicted octanol–water partition coefficient (Wildman–Crippen LogP) is 3.51. The number of nitrogens with one attached hydrogen (secondary N) is 1. The topological polar surface area (TPSA) is 63.8 Å². The number of pyridine rings is 1. The third-order valence-corrected chi connectivity index (χ3v) is 4.07. The molecule has 22 heavy (non-hydrogen) atoms. The number of hydrogen-bond acceptors (Lipinski definition) is 5. The van der Waals surface area contributed by atoms with Crippen molar-refractivity contribution >= 4 is 26.8 Å². The Morgan fingerprint density at radius 2 is 2.09 bits per heavy atom. The quantitative estimate of drug-likeness (QED) is 0.771. The number of halogens is 1. The number of benzene rings is 1. The maximum absolute atomic E-state index is 5.47. The van der Waals surface area contributed by atoms with Gasteiger partial charge in [0.1, 0.15) is 0 Å². The Morgan fingerprint density at radius 3 is 2.86 bits per heavy atom. The lowest BCUT2D eigenvalue weighted by molar-refractivity contribution is 0.418. The zero-order valence-electron chi connectivity index (χ0n) is 12.7. The van der Waals surface area contributed by atoms with Crippen LogP contribution in [0.3, 0.4) is 0 Å². The van der Waals surface area contributed by atoms with E-state index in [0.29, 0.717) is 17.8 Å². The molecule has 0 fully saturated rings. The molecule has 1 unspecified atom stereocenters. The van der Waals surface area contributed by atoms with Crippen molar-refractivity contribution in [2.24, 2.45) is 0 Å². The van der Waals surface area contributed by atoms with Gasteiger partial charge in [-0.05, 0) is 45.2 Å². The van der Waals surface area contributed by atoms with Crippen molar-refractivity contribution in [2.75, 3.05) is 7.05 Å². The summed E-state index contributed by atoms with van der Waals surface area (Å²) in [4.78, 5) is 9.08. The molecule has 0 spiro atoms. The summed E-state index contributed by atoms with van der Waals surface area (Å²) < 4.78 is 6.46. The molecule has 0 aliphatic heterocycles. The highest BCUT2D eigenvalue weighted by Crippen LogP contribution is 2.29. The molecule has 114 valence electrons. The van der Waals surface area contributed by atoms with Gasteiger partial charge in [0.2, 0.25) is 0 Å². The minimum absolute atomic E-state index is 0.301. The number of nitrogens with zero attached hydrogens (tertiary/aromatic N) is 3. The third kappa shape index (κ3) is 3.03. The number of aromatic nitrogens is 3. The van der Waals surface area contributed by atoms with E-state index in [2.05, 4.69) is 43.3 Å². The standard InChI is InChI=1S/C16H17BrN4O/c1-9(18-3)7-15-20-16(22-21-15)13-6-10(2)19-14-5-4-11(17)8-12(13)14/h4-6,8-9,18H,7H2,1-3H3. The fraction of sp³-hybridized carbons (Fsp3) is 0.312. The van der Waals surface area contributed by atoms with E-state index in [1.807, 2.05) is 38.2 Å². The van der Waals surface area contributed by atoms with Gasteiger partial charge in [0, 0.05) is 28.0 Å². The van der Waals surface area contributed by atoms with Crippen LogP contribution in [-0.4, -0.2) is 28.2 Å². The molecule has 0 bridgehead atoms. The zero-order valence-corrected chi connectivity index (χ0v) is 14.3. The Labute approximate surface area is 137 Å². The smallest absolute Gasteiger partial charge is 0.258 e. The normalized spacial score (nSPS) is 12.7. The summed E-state index contributed by atoms with van der Waals surface area (Å²) in [6, 6.07) is 8.27. The largest absolute Gasteiger partial charge is 0.334 e. The Hall–Kier alpha value is -1.79. The SMILES string of the molecule is CNC(C)Cc1noc(-c2cc(C)nc3ccc(Br)cc23)n1. The van der Waals surface area contributed by atoms with E-state index >= 15 is 0 Å². The first kappa shape index (κ1) is 15.1. The van der Waals surface area contributed by atoms with Gasteiger partial charge < -0.3 is 9.84 Å². The van der Waals surface area contributed by atoms with Gasteiger partial charge in [0.15, 0.2) is 5.82 Å². The molecular weight excluding hydrogens is 344 g/mol. The molecule has 0 radical (unpaired) electrons. The monoisotopic (exact) mass is 360 g/mol. The lowest BCUT2D eigenvalue weighted by atomic mass is 10.1. The van der Waals surface area contributed by atoms with Gasteiger partial charge in [-0.1, -0.05) is 21.1 Å². The van der Waals surface area contributed by atoms with Crippen molar-refractivity contribution in [3.63, 3.8) is 0 Å². The summed E-state index contributed by atoms with van der Waals surface area (Å²) in [5.41, 5.74) is 2.76. The first-order valence-electron chi connectivity index (χ1n) is 7.14. The maximum atomic E-state index is 5.47. The van der Waals surface area contributed by atoms with Crippen LogP contribution in [0.2, 0.25) is 0 Å². The Bertz CT molecular complexity index is 815. The molecule has 0 amide bonds. The molecule has 3 aromatic rings. The molecule has 1 atom stereocenters. The average molecular weight is 361 g/mol. The van der Waals surface area contributed by atoms with Crippen molar-refractivity contribution in [1.82, 2.24) is 20.4 Å². The summed E-state index contributed by atoms with van der Waals surface area (Å²) in [5.74, 6) is 1.24. The molecule has 0 saturated heterocycles. The number of fused-ring (bicyclic) bond motifs is 1. The number of rotatable bonds is 4. The number of aryl methyl sites for hydroxylation is 1. The molecule has 0 aliphatic carbocycles. The van der Waals surface area contributed by atoms with Crippen LogP contribution < -0.4 is 5.32 Å². The van der Waals surface area contributed by atoms with Crippen LogP contribution in [0.4, 0.5) is 0 Å². The minimum atomic E-state index is 0.301. The maximum Gasteiger partial charge on any atom is 0.258 e. The van der Waals surface area contributed by atoms with Gasteiger partial charge in [0.25, 0.3) is 5.89 Å². The zero-order chi connectivity index (χ0) is 15.7. The highest BCUT2D eigenvalue weighted by molar-refractivity contribution is 9.10. The predicted molar refractivity (Wildman–Crippen MR) is 89.7 cm³/mol. The molecule has 1 aromatic carbocycles. The van der Waals surface area contributed by atoms with E-state index in [9.17, 15) is 0 Å². The van der Waals surface area contributed by atoms with Crippen LogP contribution in [0.1, 0.15) is 18.4 Å². The van der Waals surface area contributed by atoms with Gasteiger partial charge in [-0.3, -0.25) is 4.98 Å². The van der Waals surface area contributed by atoms with E-state index < -0.39 is 0 Å². The van der Waals surface area contributed by atoms with Crippen LogP contribution in [0.25, 0.3) is 22.4 Å². The van der Waals surface area contributed by atoms with E-state index in [1.54, 1.807) is 0 Å². The molecule has 1 N–H and O–H groups in total. The van der Waals surface area contributed by atoms with E-state index in [1.165, 1.54) is 0 Å². The summed E-state index contributed by atoms with van der Waals surface area (Å²) in [5, 5.41) is 8.25. The first-order chi connectivity index (χ1) is 10.6. The highest BCUT2D eigenvalue weighted by Gasteiger charge is 2.15. The number of likely N-dealkylation sites (N-methyl/N-ethyl adjacent to an activating group) is 1.